The van der Waals surface area contributed by atoms with E-state index in [2.05, 4.69) is 35.0 Å². The molecule has 3 aliphatic carbocycles. The van der Waals surface area contributed by atoms with Gasteiger partial charge >= 0.3 is 0 Å². The van der Waals surface area contributed by atoms with Crippen LogP contribution in [0, 0.1) is 23.2 Å². The second-order valence-corrected chi connectivity index (χ2v) is 10.9. The Morgan fingerprint density at radius 3 is 2.69 bits per heavy atom. The molecule has 5 heteroatoms. The number of hydrogen-bond donors (Lipinski definition) is 1. The van der Waals surface area contributed by atoms with Crippen LogP contribution in [0.3, 0.4) is 0 Å². The summed E-state index contributed by atoms with van der Waals surface area (Å²) in [7, 11) is 0. The fourth-order valence-corrected chi connectivity index (χ4v) is 7.06. The van der Waals surface area contributed by atoms with E-state index in [1.54, 1.807) is 0 Å². The number of amides is 1. The van der Waals surface area contributed by atoms with Crippen LogP contribution in [-0.2, 0) is 4.79 Å². The first-order chi connectivity index (χ1) is 13.9. The third-order valence-corrected chi connectivity index (χ3v) is 9.19. The van der Waals surface area contributed by atoms with Crippen molar-refractivity contribution in [2.24, 2.45) is 23.2 Å². The van der Waals surface area contributed by atoms with E-state index in [0.29, 0.717) is 12.1 Å². The summed E-state index contributed by atoms with van der Waals surface area (Å²) in [6, 6.07) is 7.91. The molecule has 0 aromatic heterocycles. The lowest BCUT2D eigenvalue weighted by Gasteiger charge is -2.60. The maximum absolute atomic E-state index is 12.8. The number of likely N-dealkylation sites (tertiary alicyclic amines) is 1. The van der Waals surface area contributed by atoms with Gasteiger partial charge in [0.05, 0.1) is 6.67 Å². The molecule has 1 spiro atoms. The molecule has 4 nitrogen and oxygen atoms in total. The minimum atomic E-state index is -0.408. The van der Waals surface area contributed by atoms with Gasteiger partial charge in [-0.05, 0) is 86.4 Å². The standard InChI is InChI=1S/C24H34ClN3O/c1-23(2)18-7-6-17(21(23)14-18)8-11-27-12-9-24(10-13-27)22(29)26-16-28(24)20-5-3-4-19(25)15-20/h3-5,15,17-18,21H,6-14,16H2,1-2H3,(H,26,29). The summed E-state index contributed by atoms with van der Waals surface area (Å²) in [4.78, 5) is 17.7. The summed E-state index contributed by atoms with van der Waals surface area (Å²) < 4.78 is 0. The van der Waals surface area contributed by atoms with Crippen molar-refractivity contribution in [1.29, 1.82) is 0 Å². The van der Waals surface area contributed by atoms with Gasteiger partial charge in [0, 0.05) is 23.8 Å². The molecule has 2 heterocycles. The van der Waals surface area contributed by atoms with Crippen molar-refractivity contribution in [3.8, 4) is 0 Å². The molecule has 5 fully saturated rings. The smallest absolute Gasteiger partial charge is 0.247 e. The molecule has 3 saturated carbocycles. The van der Waals surface area contributed by atoms with Gasteiger partial charge in [-0.2, -0.15) is 0 Å². The highest BCUT2D eigenvalue weighted by atomic mass is 35.5. The molecule has 6 rings (SSSR count). The Labute approximate surface area is 180 Å². The number of benzene rings is 1. The average Bonchev–Trinajstić information content (AvgIpc) is 3.03. The summed E-state index contributed by atoms with van der Waals surface area (Å²) in [5.74, 6) is 3.02. The number of piperidine rings is 1. The minimum Gasteiger partial charge on any atom is -0.339 e. The number of nitrogens with zero attached hydrogens (tertiary/aromatic N) is 2. The Balaban J connectivity index is 1.21. The van der Waals surface area contributed by atoms with Crippen molar-refractivity contribution in [3.63, 3.8) is 0 Å². The van der Waals surface area contributed by atoms with Gasteiger partial charge < -0.3 is 15.1 Å². The Morgan fingerprint density at radius 1 is 1.21 bits per heavy atom. The average molecular weight is 416 g/mol. The number of hydrogen-bond acceptors (Lipinski definition) is 3. The topological polar surface area (TPSA) is 35.6 Å². The quantitative estimate of drug-likeness (QED) is 0.784. The highest BCUT2D eigenvalue weighted by Gasteiger charge is 2.54. The zero-order valence-corrected chi connectivity index (χ0v) is 18.5. The monoisotopic (exact) mass is 415 g/mol. The van der Waals surface area contributed by atoms with Crippen molar-refractivity contribution in [2.75, 3.05) is 31.2 Å². The van der Waals surface area contributed by atoms with Gasteiger partial charge in [0.2, 0.25) is 5.91 Å². The zero-order chi connectivity index (χ0) is 20.2. The summed E-state index contributed by atoms with van der Waals surface area (Å²) in [5.41, 5.74) is 1.22. The molecule has 1 aromatic rings. The van der Waals surface area contributed by atoms with Gasteiger partial charge in [0.1, 0.15) is 5.54 Å². The largest absolute Gasteiger partial charge is 0.339 e. The van der Waals surface area contributed by atoms with Gasteiger partial charge in [0.15, 0.2) is 0 Å². The van der Waals surface area contributed by atoms with Gasteiger partial charge in [-0.25, -0.2) is 0 Å². The molecule has 0 radical (unpaired) electrons. The van der Waals surface area contributed by atoms with Crippen molar-refractivity contribution in [1.82, 2.24) is 10.2 Å². The molecule has 2 aliphatic heterocycles. The lowest BCUT2D eigenvalue weighted by Crippen LogP contribution is -2.57. The van der Waals surface area contributed by atoms with Crippen LogP contribution in [0.1, 0.15) is 52.4 Å². The number of anilines is 1. The maximum atomic E-state index is 12.8. The fraction of sp³-hybridized carbons (Fsp3) is 0.708. The molecule has 2 bridgehead atoms. The van der Waals surface area contributed by atoms with Gasteiger partial charge in [0.25, 0.3) is 0 Å². The van der Waals surface area contributed by atoms with Crippen molar-refractivity contribution in [3.05, 3.63) is 29.3 Å². The number of rotatable bonds is 4. The van der Waals surface area contributed by atoms with Crippen LogP contribution in [0.5, 0.6) is 0 Å². The molecule has 158 valence electrons. The van der Waals surface area contributed by atoms with Crippen LogP contribution in [0.25, 0.3) is 0 Å². The Hall–Kier alpha value is -1.26. The Bertz CT molecular complexity index is 784. The molecular formula is C24H34ClN3O. The van der Waals surface area contributed by atoms with Crippen LogP contribution in [0.2, 0.25) is 5.02 Å². The lowest BCUT2D eigenvalue weighted by atomic mass is 9.45. The Morgan fingerprint density at radius 2 is 2.00 bits per heavy atom. The number of carbonyl (C=O) groups is 1. The first-order valence-electron chi connectivity index (χ1n) is 11.4. The summed E-state index contributed by atoms with van der Waals surface area (Å²) in [6.07, 6.45) is 7.46. The normalized spacial score (nSPS) is 32.9. The molecule has 1 amide bonds. The third kappa shape index (κ3) is 3.18. The number of fused-ring (bicyclic) bond motifs is 2. The van der Waals surface area contributed by atoms with E-state index in [1.165, 1.54) is 32.2 Å². The molecule has 3 atom stereocenters. The van der Waals surface area contributed by atoms with E-state index in [0.717, 1.165) is 54.4 Å². The van der Waals surface area contributed by atoms with E-state index in [9.17, 15) is 4.79 Å². The van der Waals surface area contributed by atoms with Crippen molar-refractivity contribution < 1.29 is 4.79 Å². The molecule has 1 N–H and O–H groups in total. The zero-order valence-electron chi connectivity index (χ0n) is 17.8. The molecule has 1 aromatic carbocycles. The summed E-state index contributed by atoms with van der Waals surface area (Å²) in [5, 5.41) is 3.82. The van der Waals surface area contributed by atoms with Gasteiger partial charge in [-0.3, -0.25) is 4.79 Å². The van der Waals surface area contributed by atoms with Crippen LogP contribution in [0.4, 0.5) is 5.69 Å². The van der Waals surface area contributed by atoms with Crippen molar-refractivity contribution in [2.45, 2.75) is 57.9 Å². The predicted octanol–water partition coefficient (Wildman–Crippen LogP) is 4.53. The fourth-order valence-electron chi connectivity index (χ4n) is 6.87. The van der Waals surface area contributed by atoms with Crippen molar-refractivity contribution >= 4 is 23.2 Å². The van der Waals surface area contributed by atoms with E-state index in [-0.39, 0.29) is 5.91 Å². The van der Waals surface area contributed by atoms with Gasteiger partial charge in [-0.15, -0.1) is 0 Å². The molecule has 29 heavy (non-hydrogen) atoms. The summed E-state index contributed by atoms with van der Waals surface area (Å²) >= 11 is 6.22. The number of halogens is 1. The second-order valence-electron chi connectivity index (χ2n) is 10.4. The lowest BCUT2D eigenvalue weighted by molar-refractivity contribution is -0.125. The maximum Gasteiger partial charge on any atom is 0.247 e. The molecule has 5 aliphatic rings. The third-order valence-electron chi connectivity index (χ3n) is 8.96. The molecule has 3 unspecified atom stereocenters. The first kappa shape index (κ1) is 19.7. The summed E-state index contributed by atoms with van der Waals surface area (Å²) in [6.45, 7) is 8.77. The van der Waals surface area contributed by atoms with Crippen LogP contribution in [-0.4, -0.2) is 42.6 Å². The van der Waals surface area contributed by atoms with Crippen LogP contribution in [0.15, 0.2) is 24.3 Å². The van der Waals surface area contributed by atoms with E-state index >= 15 is 0 Å². The van der Waals surface area contributed by atoms with Gasteiger partial charge in [-0.1, -0.05) is 31.5 Å². The highest BCUT2D eigenvalue weighted by Crippen LogP contribution is 2.62. The SMILES string of the molecule is CC1(C)C2CCC(CCN3CCC4(CC3)C(=O)NCN4c3cccc(Cl)c3)C1C2. The van der Waals surface area contributed by atoms with E-state index in [1.807, 2.05) is 18.2 Å². The van der Waals surface area contributed by atoms with E-state index in [4.69, 9.17) is 11.6 Å². The minimum absolute atomic E-state index is 0.187. The predicted molar refractivity (Wildman–Crippen MR) is 118 cm³/mol. The van der Waals surface area contributed by atoms with E-state index < -0.39 is 5.54 Å². The van der Waals surface area contributed by atoms with Crippen LogP contribution < -0.4 is 10.2 Å². The highest BCUT2D eigenvalue weighted by molar-refractivity contribution is 6.30. The Kier molecular flexibility index (Phi) is 4.86. The number of nitrogens with one attached hydrogen (secondary N) is 1. The second kappa shape index (κ2) is 7.16. The molecule has 2 saturated heterocycles. The number of carbonyl (C=O) groups excluding carboxylic acids is 1. The molecular weight excluding hydrogens is 382 g/mol. The van der Waals surface area contributed by atoms with Crippen LogP contribution >= 0.6 is 11.6 Å². The first-order valence-corrected chi connectivity index (χ1v) is 11.8.